The van der Waals surface area contributed by atoms with Crippen LogP contribution in [-0.4, -0.2) is 16.1 Å². The molecule has 0 aliphatic carbocycles. The molecule has 0 radical (unpaired) electrons. The van der Waals surface area contributed by atoms with Gasteiger partial charge in [-0.15, -0.1) is 0 Å². The summed E-state index contributed by atoms with van der Waals surface area (Å²) < 4.78 is 4.91. The summed E-state index contributed by atoms with van der Waals surface area (Å²) in [6, 6.07) is 6.72. The van der Waals surface area contributed by atoms with E-state index in [-0.39, 0.29) is 0 Å². The van der Waals surface area contributed by atoms with Crippen LogP contribution in [0.3, 0.4) is 0 Å². The second-order valence-electron chi connectivity index (χ2n) is 3.00. The largest absolute Gasteiger partial charge is 0.478 e. The Morgan fingerprint density at radius 3 is 2.43 bits per heavy atom. The van der Waals surface area contributed by atoms with Gasteiger partial charge in [0.2, 0.25) is 0 Å². The first-order valence-corrected chi connectivity index (χ1v) is 4.65. The Morgan fingerprint density at radius 2 is 2.00 bits per heavy atom. The number of hydrogen-bond donors (Lipinski definition) is 1. The van der Waals surface area contributed by atoms with E-state index in [1.54, 1.807) is 24.3 Å². The fraction of sp³-hybridized carbons (Fsp3) is 0.222. The Kier molecular flexibility index (Phi) is 2.18. The van der Waals surface area contributed by atoms with E-state index in [9.17, 15) is 4.79 Å². The van der Waals surface area contributed by atoms with E-state index >= 15 is 0 Å². The third-order valence-corrected chi connectivity index (χ3v) is 2.73. The van der Waals surface area contributed by atoms with Crippen molar-refractivity contribution < 1.29 is 14.6 Å². The lowest BCUT2D eigenvalue weighted by Gasteiger charge is -1.97. The van der Waals surface area contributed by atoms with Crippen LogP contribution in [0, 0.1) is 0 Å². The highest BCUT2D eigenvalue weighted by molar-refractivity contribution is 6.35. The number of halogens is 2. The summed E-state index contributed by atoms with van der Waals surface area (Å²) in [5.74, 6) is -1.17. The Balaban J connectivity index is 2.21. The third kappa shape index (κ3) is 1.47. The number of epoxide rings is 1. The summed E-state index contributed by atoms with van der Waals surface area (Å²) in [4.78, 5) is 10.7. The van der Waals surface area contributed by atoms with Crippen molar-refractivity contribution >= 4 is 29.2 Å². The van der Waals surface area contributed by atoms with Crippen LogP contribution in [0.5, 0.6) is 0 Å². The van der Waals surface area contributed by atoms with Crippen molar-refractivity contribution in [2.75, 3.05) is 0 Å². The lowest BCUT2D eigenvalue weighted by Crippen LogP contribution is -2.17. The SMILES string of the molecule is O=C(O)C1(Cl)OC1c1ccc(Cl)cc1. The van der Waals surface area contributed by atoms with Gasteiger partial charge in [0.15, 0.2) is 0 Å². The zero-order valence-corrected chi connectivity index (χ0v) is 8.42. The van der Waals surface area contributed by atoms with Gasteiger partial charge in [-0.1, -0.05) is 35.3 Å². The fourth-order valence-electron chi connectivity index (χ4n) is 1.22. The molecule has 0 saturated carbocycles. The molecule has 3 nitrogen and oxygen atoms in total. The van der Waals surface area contributed by atoms with E-state index in [0.29, 0.717) is 10.6 Å². The van der Waals surface area contributed by atoms with Gasteiger partial charge in [-0.3, -0.25) is 0 Å². The maximum Gasteiger partial charge on any atom is 0.355 e. The minimum atomic E-state index is -1.59. The van der Waals surface area contributed by atoms with Gasteiger partial charge < -0.3 is 9.84 Å². The van der Waals surface area contributed by atoms with E-state index in [1.807, 2.05) is 0 Å². The summed E-state index contributed by atoms with van der Waals surface area (Å²) in [5, 5.41) is 7.71. The first-order chi connectivity index (χ1) is 6.54. The van der Waals surface area contributed by atoms with Gasteiger partial charge in [-0.25, -0.2) is 4.79 Å². The van der Waals surface area contributed by atoms with Crippen LogP contribution in [0.4, 0.5) is 0 Å². The number of carbonyl (C=O) groups is 1. The molecule has 1 N–H and O–H groups in total. The molecule has 1 aromatic carbocycles. The minimum absolute atomic E-state index is 0.584. The average molecular weight is 233 g/mol. The van der Waals surface area contributed by atoms with Crippen molar-refractivity contribution in [2.45, 2.75) is 11.2 Å². The summed E-state index contributed by atoms with van der Waals surface area (Å²) in [7, 11) is 0. The summed E-state index contributed by atoms with van der Waals surface area (Å²) >= 11 is 11.3. The van der Waals surface area contributed by atoms with E-state index in [4.69, 9.17) is 33.0 Å². The van der Waals surface area contributed by atoms with Crippen LogP contribution < -0.4 is 0 Å². The number of benzene rings is 1. The highest BCUT2D eigenvalue weighted by atomic mass is 35.5. The van der Waals surface area contributed by atoms with Crippen molar-refractivity contribution in [3.63, 3.8) is 0 Å². The van der Waals surface area contributed by atoms with Crippen LogP contribution >= 0.6 is 23.2 Å². The Hall–Kier alpha value is -0.770. The number of ether oxygens (including phenoxy) is 1. The smallest absolute Gasteiger partial charge is 0.355 e. The lowest BCUT2D eigenvalue weighted by atomic mass is 10.1. The predicted octanol–water partition coefficient (Wildman–Crippen LogP) is 2.43. The molecule has 0 bridgehead atoms. The number of rotatable bonds is 2. The monoisotopic (exact) mass is 232 g/mol. The van der Waals surface area contributed by atoms with Crippen LogP contribution in [0.2, 0.25) is 5.02 Å². The maximum absolute atomic E-state index is 10.7. The quantitative estimate of drug-likeness (QED) is 0.630. The topological polar surface area (TPSA) is 49.8 Å². The van der Waals surface area contributed by atoms with Crippen molar-refractivity contribution in [3.8, 4) is 0 Å². The average Bonchev–Trinajstić information content (AvgIpc) is 2.81. The second-order valence-corrected chi connectivity index (χ2v) is 4.00. The van der Waals surface area contributed by atoms with Gasteiger partial charge >= 0.3 is 5.97 Å². The van der Waals surface area contributed by atoms with Gasteiger partial charge in [0.1, 0.15) is 6.10 Å². The fourth-order valence-corrected chi connectivity index (χ4v) is 1.56. The molecule has 5 heteroatoms. The molecular weight excluding hydrogens is 227 g/mol. The Morgan fingerprint density at radius 1 is 1.43 bits per heavy atom. The molecule has 1 aliphatic heterocycles. The molecule has 1 saturated heterocycles. The Bertz CT molecular complexity index is 376. The van der Waals surface area contributed by atoms with Crippen molar-refractivity contribution in [1.82, 2.24) is 0 Å². The molecule has 14 heavy (non-hydrogen) atoms. The highest BCUT2D eigenvalue weighted by Crippen LogP contribution is 2.52. The van der Waals surface area contributed by atoms with E-state index in [1.165, 1.54) is 0 Å². The highest BCUT2D eigenvalue weighted by Gasteiger charge is 2.63. The normalized spacial score (nSPS) is 30.0. The summed E-state index contributed by atoms with van der Waals surface area (Å²) in [6.07, 6.45) is -0.584. The second kappa shape index (κ2) is 3.12. The van der Waals surface area contributed by atoms with Gasteiger partial charge in [0, 0.05) is 5.02 Å². The molecule has 1 fully saturated rings. The molecule has 1 aromatic rings. The predicted molar refractivity (Wildman–Crippen MR) is 51.5 cm³/mol. The number of aliphatic carboxylic acids is 1. The van der Waals surface area contributed by atoms with Crippen LogP contribution in [0.15, 0.2) is 24.3 Å². The molecule has 1 heterocycles. The molecule has 2 atom stereocenters. The van der Waals surface area contributed by atoms with Crippen molar-refractivity contribution in [2.24, 2.45) is 0 Å². The number of hydrogen-bond acceptors (Lipinski definition) is 2. The molecule has 1 aliphatic rings. The molecule has 2 unspecified atom stereocenters. The summed E-state index contributed by atoms with van der Waals surface area (Å²) in [5.41, 5.74) is 0.715. The minimum Gasteiger partial charge on any atom is -0.478 e. The maximum atomic E-state index is 10.7. The lowest BCUT2D eigenvalue weighted by molar-refractivity contribution is -0.140. The van der Waals surface area contributed by atoms with E-state index < -0.39 is 17.1 Å². The molecule has 0 aromatic heterocycles. The summed E-state index contributed by atoms with van der Waals surface area (Å²) in [6.45, 7) is 0. The molecule has 74 valence electrons. The molecular formula is C9H6Cl2O3. The Labute approximate surface area is 90.2 Å². The van der Waals surface area contributed by atoms with Gasteiger partial charge in [-0.05, 0) is 17.7 Å². The van der Waals surface area contributed by atoms with Crippen LogP contribution in [0.25, 0.3) is 0 Å². The zero-order chi connectivity index (χ0) is 10.3. The van der Waals surface area contributed by atoms with Crippen LogP contribution in [-0.2, 0) is 9.53 Å². The van der Waals surface area contributed by atoms with Crippen molar-refractivity contribution in [3.05, 3.63) is 34.9 Å². The number of carboxylic acid groups (broad SMARTS) is 1. The van der Waals surface area contributed by atoms with E-state index in [2.05, 4.69) is 0 Å². The van der Waals surface area contributed by atoms with Gasteiger partial charge in [0.05, 0.1) is 0 Å². The van der Waals surface area contributed by atoms with E-state index in [0.717, 1.165) is 0 Å². The van der Waals surface area contributed by atoms with Crippen LogP contribution in [0.1, 0.15) is 11.7 Å². The number of alkyl halides is 1. The number of carboxylic acids is 1. The van der Waals surface area contributed by atoms with Crippen molar-refractivity contribution in [1.29, 1.82) is 0 Å². The zero-order valence-electron chi connectivity index (χ0n) is 6.91. The van der Waals surface area contributed by atoms with Gasteiger partial charge in [0.25, 0.3) is 5.06 Å². The first-order valence-electron chi connectivity index (χ1n) is 3.89. The third-order valence-electron chi connectivity index (χ3n) is 2.03. The van der Waals surface area contributed by atoms with Gasteiger partial charge in [-0.2, -0.15) is 0 Å². The molecule has 0 spiro atoms. The molecule has 0 amide bonds. The molecule has 2 rings (SSSR count). The first kappa shape index (κ1) is 9.77. The standard InChI is InChI=1S/C9H6Cl2O3/c10-6-3-1-5(2-4-6)7-9(11,14-7)8(12)13/h1-4,7H,(H,12,13).